The molecule has 0 atom stereocenters. The summed E-state index contributed by atoms with van der Waals surface area (Å²) in [7, 11) is 1.09. The topological polar surface area (TPSA) is 78.1 Å². The van der Waals surface area contributed by atoms with Crippen LogP contribution < -0.4 is 5.73 Å². The number of esters is 1. The van der Waals surface area contributed by atoms with Gasteiger partial charge in [0.05, 0.1) is 18.5 Å². The van der Waals surface area contributed by atoms with Crippen LogP contribution in [-0.2, 0) is 4.74 Å². The molecule has 0 spiro atoms. The largest absolute Gasteiger partial charge is 0.465 e. The molecule has 0 unspecified atom stereocenters. The van der Waals surface area contributed by atoms with Gasteiger partial charge in [-0.1, -0.05) is 11.6 Å². The number of nitrogens with two attached hydrogens (primary N) is 1. The number of carbonyl (C=O) groups excluding carboxylic acids is 1. The van der Waals surface area contributed by atoms with E-state index in [0.717, 1.165) is 13.2 Å². The third kappa shape index (κ3) is 2.53. The fourth-order valence-electron chi connectivity index (χ4n) is 1.50. The Morgan fingerprint density at radius 1 is 1.35 bits per heavy atom. The second-order valence-corrected chi connectivity index (χ2v) is 4.11. The average molecular weight is 300 g/mol. The van der Waals surface area contributed by atoms with Gasteiger partial charge in [-0.3, -0.25) is 0 Å². The monoisotopic (exact) mass is 299 g/mol. The fraction of sp³-hybridized carbons (Fsp3) is 0.0833. The SMILES string of the molecule is COC(=O)c1cc(Cl)nc(-c2ccc(N)c(F)n2)c1F. The van der Waals surface area contributed by atoms with Crippen molar-refractivity contribution >= 4 is 23.3 Å². The van der Waals surface area contributed by atoms with Gasteiger partial charge < -0.3 is 10.5 Å². The normalized spacial score (nSPS) is 10.4. The quantitative estimate of drug-likeness (QED) is 0.680. The zero-order valence-corrected chi connectivity index (χ0v) is 10.9. The first-order valence-electron chi connectivity index (χ1n) is 5.30. The minimum Gasteiger partial charge on any atom is -0.465 e. The summed E-state index contributed by atoms with van der Waals surface area (Å²) in [6.07, 6.45) is 0. The molecule has 0 aliphatic carbocycles. The summed E-state index contributed by atoms with van der Waals surface area (Å²) in [4.78, 5) is 18.6. The Morgan fingerprint density at radius 3 is 2.65 bits per heavy atom. The van der Waals surface area contributed by atoms with Crippen LogP contribution in [-0.4, -0.2) is 23.0 Å². The molecule has 104 valence electrons. The summed E-state index contributed by atoms with van der Waals surface area (Å²) in [6.45, 7) is 0. The summed E-state index contributed by atoms with van der Waals surface area (Å²) in [5, 5.41) is -0.152. The number of hydrogen-bond acceptors (Lipinski definition) is 5. The van der Waals surface area contributed by atoms with Crippen molar-refractivity contribution < 1.29 is 18.3 Å². The van der Waals surface area contributed by atoms with Gasteiger partial charge in [-0.25, -0.2) is 19.2 Å². The molecule has 0 aromatic carbocycles. The maximum absolute atomic E-state index is 14.2. The molecule has 0 saturated carbocycles. The molecule has 0 amide bonds. The third-order valence-corrected chi connectivity index (χ3v) is 2.65. The number of halogens is 3. The van der Waals surface area contributed by atoms with Gasteiger partial charge in [0.15, 0.2) is 5.82 Å². The van der Waals surface area contributed by atoms with Crippen LogP contribution in [0.4, 0.5) is 14.5 Å². The number of nitrogen functional groups attached to an aromatic ring is 1. The molecule has 2 rings (SSSR count). The molecule has 0 bridgehead atoms. The van der Waals surface area contributed by atoms with Crippen molar-refractivity contribution in [2.45, 2.75) is 0 Å². The number of ether oxygens (including phenoxy) is 1. The Hall–Kier alpha value is -2.28. The lowest BCUT2D eigenvalue weighted by atomic mass is 10.1. The van der Waals surface area contributed by atoms with Gasteiger partial charge in [-0.05, 0) is 18.2 Å². The van der Waals surface area contributed by atoms with Gasteiger partial charge in [0.2, 0.25) is 5.95 Å². The smallest absolute Gasteiger partial charge is 0.341 e. The highest BCUT2D eigenvalue weighted by Gasteiger charge is 2.21. The number of pyridine rings is 2. The van der Waals surface area contributed by atoms with Crippen LogP contribution in [0, 0.1) is 11.8 Å². The van der Waals surface area contributed by atoms with Crippen molar-refractivity contribution in [3.63, 3.8) is 0 Å². The molecule has 0 aliphatic heterocycles. The number of hydrogen-bond donors (Lipinski definition) is 1. The second-order valence-electron chi connectivity index (χ2n) is 3.72. The van der Waals surface area contributed by atoms with E-state index in [-0.39, 0.29) is 22.2 Å². The van der Waals surface area contributed by atoms with Gasteiger partial charge in [0.1, 0.15) is 16.4 Å². The Labute approximate surface area is 117 Å². The van der Waals surface area contributed by atoms with E-state index in [9.17, 15) is 13.6 Å². The molecule has 5 nitrogen and oxygen atoms in total. The summed E-state index contributed by atoms with van der Waals surface area (Å²) in [5.41, 5.74) is 4.18. The summed E-state index contributed by atoms with van der Waals surface area (Å²) >= 11 is 5.71. The van der Waals surface area contributed by atoms with E-state index in [1.807, 2.05) is 0 Å². The van der Waals surface area contributed by atoms with E-state index < -0.39 is 23.3 Å². The fourth-order valence-corrected chi connectivity index (χ4v) is 1.70. The maximum Gasteiger partial charge on any atom is 0.341 e. The van der Waals surface area contributed by atoms with Crippen molar-refractivity contribution in [2.75, 3.05) is 12.8 Å². The van der Waals surface area contributed by atoms with Gasteiger partial charge in [-0.15, -0.1) is 0 Å². The average Bonchev–Trinajstić information content (AvgIpc) is 2.43. The Kier molecular flexibility index (Phi) is 3.80. The maximum atomic E-state index is 14.2. The molecule has 2 aromatic rings. The van der Waals surface area contributed by atoms with E-state index in [1.165, 1.54) is 12.1 Å². The Morgan fingerprint density at radius 2 is 2.05 bits per heavy atom. The Balaban J connectivity index is 2.64. The van der Waals surface area contributed by atoms with Crippen LogP contribution in [0.2, 0.25) is 5.15 Å². The van der Waals surface area contributed by atoms with E-state index in [2.05, 4.69) is 14.7 Å². The minimum atomic E-state index is -1.00. The zero-order chi connectivity index (χ0) is 14.9. The number of carbonyl (C=O) groups is 1. The number of rotatable bonds is 2. The first-order valence-corrected chi connectivity index (χ1v) is 5.68. The lowest BCUT2D eigenvalue weighted by Crippen LogP contribution is -2.08. The van der Waals surface area contributed by atoms with E-state index >= 15 is 0 Å². The predicted octanol–water partition coefficient (Wildman–Crippen LogP) is 2.44. The van der Waals surface area contributed by atoms with Gasteiger partial charge in [-0.2, -0.15) is 4.39 Å². The van der Waals surface area contributed by atoms with Crippen LogP contribution in [0.3, 0.4) is 0 Å². The summed E-state index contributed by atoms with van der Waals surface area (Å²) in [6, 6.07) is 3.48. The first kappa shape index (κ1) is 14.1. The zero-order valence-electron chi connectivity index (χ0n) is 10.2. The van der Waals surface area contributed by atoms with Crippen LogP contribution in [0.1, 0.15) is 10.4 Å². The van der Waals surface area contributed by atoms with Crippen LogP contribution in [0.15, 0.2) is 18.2 Å². The Bertz CT molecular complexity index is 695. The summed E-state index contributed by atoms with van der Waals surface area (Å²) < 4.78 is 31.9. The van der Waals surface area contributed by atoms with E-state index in [4.69, 9.17) is 17.3 Å². The van der Waals surface area contributed by atoms with Crippen LogP contribution in [0.5, 0.6) is 0 Å². The molecular weight excluding hydrogens is 292 g/mol. The van der Waals surface area contributed by atoms with Crippen molar-refractivity contribution in [3.05, 3.63) is 40.7 Å². The number of nitrogens with zero attached hydrogens (tertiary/aromatic N) is 2. The van der Waals surface area contributed by atoms with E-state index in [0.29, 0.717) is 0 Å². The molecule has 8 heteroatoms. The van der Waals surface area contributed by atoms with Gasteiger partial charge in [0, 0.05) is 0 Å². The molecule has 0 fully saturated rings. The van der Waals surface area contributed by atoms with E-state index in [1.54, 1.807) is 0 Å². The summed E-state index contributed by atoms with van der Waals surface area (Å²) in [5.74, 6) is -2.90. The third-order valence-electron chi connectivity index (χ3n) is 2.45. The van der Waals surface area contributed by atoms with Crippen LogP contribution in [0.25, 0.3) is 11.4 Å². The van der Waals surface area contributed by atoms with Crippen LogP contribution >= 0.6 is 11.6 Å². The lowest BCUT2D eigenvalue weighted by Gasteiger charge is -2.07. The number of aromatic nitrogens is 2. The molecule has 20 heavy (non-hydrogen) atoms. The van der Waals surface area contributed by atoms with Gasteiger partial charge in [0.25, 0.3) is 0 Å². The van der Waals surface area contributed by atoms with Crippen molar-refractivity contribution in [1.82, 2.24) is 9.97 Å². The molecule has 0 aliphatic rings. The highest BCUT2D eigenvalue weighted by molar-refractivity contribution is 6.29. The van der Waals surface area contributed by atoms with Gasteiger partial charge >= 0.3 is 5.97 Å². The lowest BCUT2D eigenvalue weighted by molar-refractivity contribution is 0.0595. The number of methoxy groups -OCH3 is 1. The van der Waals surface area contributed by atoms with Crippen molar-refractivity contribution in [3.8, 4) is 11.4 Å². The minimum absolute atomic E-state index is 0.137. The molecule has 0 radical (unpaired) electrons. The first-order chi connectivity index (χ1) is 9.43. The van der Waals surface area contributed by atoms with Crippen molar-refractivity contribution in [1.29, 1.82) is 0 Å². The second kappa shape index (κ2) is 5.38. The molecule has 2 aromatic heterocycles. The predicted molar refractivity (Wildman–Crippen MR) is 68.1 cm³/mol. The number of anilines is 1. The highest BCUT2D eigenvalue weighted by atomic mass is 35.5. The molecule has 0 saturated heterocycles. The molecule has 2 N–H and O–H groups in total. The standard InChI is InChI=1S/C12H8ClF2N3O2/c1-20-12(19)5-4-8(13)18-10(9(5)14)7-3-2-6(16)11(15)17-7/h2-4H,16H2,1H3. The highest BCUT2D eigenvalue weighted by Crippen LogP contribution is 2.26. The molecular formula is C12H8ClF2N3O2. The van der Waals surface area contributed by atoms with Crippen molar-refractivity contribution in [2.24, 2.45) is 0 Å². The molecule has 2 heterocycles.